The van der Waals surface area contributed by atoms with E-state index in [1.165, 1.54) is 16.7 Å². The number of halogens is 1. The average Bonchev–Trinajstić information content (AvgIpc) is 3.03. The largest absolute Gasteiger partial charge is 0.348 e. The van der Waals surface area contributed by atoms with Crippen molar-refractivity contribution in [2.75, 3.05) is 19.6 Å². The first-order valence-electron chi connectivity index (χ1n) is 9.61. The fourth-order valence-electron chi connectivity index (χ4n) is 4.44. The Morgan fingerprint density at radius 1 is 1.07 bits per heavy atom. The number of nitrogens with two attached hydrogens (primary N) is 1. The molecule has 3 N–H and O–H groups in total. The van der Waals surface area contributed by atoms with Gasteiger partial charge in [-0.3, -0.25) is 9.69 Å². The number of benzene rings is 2. The molecule has 1 amide bonds. The number of nitrogens with one attached hydrogen (secondary N) is 1. The van der Waals surface area contributed by atoms with Crippen LogP contribution in [0.2, 0.25) is 0 Å². The quantitative estimate of drug-likeness (QED) is 0.850. The zero-order valence-corrected chi connectivity index (χ0v) is 16.3. The van der Waals surface area contributed by atoms with Crippen LogP contribution in [0.5, 0.6) is 0 Å². The van der Waals surface area contributed by atoms with Crippen LogP contribution in [0.1, 0.15) is 41.5 Å². The Morgan fingerprint density at radius 3 is 2.63 bits per heavy atom. The highest BCUT2D eigenvalue weighted by Crippen LogP contribution is 2.30. The molecule has 144 valence electrons. The maximum Gasteiger partial charge on any atom is 0.234 e. The molecule has 4 nitrogen and oxygen atoms in total. The molecule has 0 radical (unpaired) electrons. The first kappa shape index (κ1) is 19.9. The molecule has 2 aromatic carbocycles. The third kappa shape index (κ3) is 4.52. The molecule has 5 heteroatoms. The summed E-state index contributed by atoms with van der Waals surface area (Å²) in [6, 6.07) is 19.1. The van der Waals surface area contributed by atoms with Crippen molar-refractivity contribution in [2.45, 2.75) is 37.3 Å². The van der Waals surface area contributed by atoms with E-state index in [4.69, 9.17) is 5.73 Å². The number of likely N-dealkylation sites (tertiary alicyclic amines) is 1. The van der Waals surface area contributed by atoms with Crippen LogP contribution in [-0.4, -0.2) is 36.5 Å². The van der Waals surface area contributed by atoms with Crippen molar-refractivity contribution in [3.05, 3.63) is 71.3 Å². The van der Waals surface area contributed by atoms with Crippen molar-refractivity contribution >= 4 is 18.3 Å². The van der Waals surface area contributed by atoms with Crippen LogP contribution in [0.3, 0.4) is 0 Å². The first-order valence-corrected chi connectivity index (χ1v) is 9.61. The van der Waals surface area contributed by atoms with E-state index in [-0.39, 0.29) is 30.4 Å². The van der Waals surface area contributed by atoms with Gasteiger partial charge >= 0.3 is 0 Å². The highest BCUT2D eigenvalue weighted by Gasteiger charge is 2.32. The molecule has 1 aliphatic heterocycles. The van der Waals surface area contributed by atoms with E-state index in [1.54, 1.807) is 0 Å². The van der Waals surface area contributed by atoms with Crippen molar-refractivity contribution in [1.29, 1.82) is 0 Å². The Morgan fingerprint density at radius 2 is 1.81 bits per heavy atom. The molecular formula is C22H28ClN3O. The van der Waals surface area contributed by atoms with Crippen molar-refractivity contribution in [3.63, 3.8) is 0 Å². The normalized spacial score (nSPS) is 24.7. The summed E-state index contributed by atoms with van der Waals surface area (Å²) in [6.45, 7) is 2.05. The zero-order chi connectivity index (χ0) is 17.9. The van der Waals surface area contributed by atoms with Gasteiger partial charge in [0.2, 0.25) is 5.91 Å². The number of carbonyl (C=O) groups excluding carboxylic acids is 1. The topological polar surface area (TPSA) is 58.4 Å². The lowest BCUT2D eigenvalue weighted by Gasteiger charge is -2.27. The summed E-state index contributed by atoms with van der Waals surface area (Å²) in [5.41, 5.74) is 10.3. The Labute approximate surface area is 167 Å². The van der Waals surface area contributed by atoms with Crippen LogP contribution in [-0.2, 0) is 11.2 Å². The van der Waals surface area contributed by atoms with Crippen LogP contribution in [0.25, 0.3) is 0 Å². The predicted molar refractivity (Wildman–Crippen MR) is 111 cm³/mol. The van der Waals surface area contributed by atoms with Crippen LogP contribution >= 0.6 is 12.4 Å². The Kier molecular flexibility index (Phi) is 6.53. The van der Waals surface area contributed by atoms with Gasteiger partial charge in [-0.1, -0.05) is 54.6 Å². The molecular weight excluding hydrogens is 358 g/mol. The number of fused-ring (bicyclic) bond motifs is 1. The molecule has 1 fully saturated rings. The smallest absolute Gasteiger partial charge is 0.234 e. The molecule has 1 heterocycles. The van der Waals surface area contributed by atoms with E-state index in [1.807, 2.05) is 6.07 Å². The number of aryl methyl sites for hydroxylation is 1. The van der Waals surface area contributed by atoms with Gasteiger partial charge in [0.25, 0.3) is 0 Å². The summed E-state index contributed by atoms with van der Waals surface area (Å²) < 4.78 is 0. The van der Waals surface area contributed by atoms with E-state index < -0.39 is 0 Å². The monoisotopic (exact) mass is 385 g/mol. The molecule has 3 atom stereocenters. The SMILES string of the molecule is Cl.N[C@@H]1CN(CC(=O)NC2CCCc3ccccc32)C[C@H]1c1ccccc1. The minimum atomic E-state index is 0. The molecule has 2 aromatic rings. The van der Waals surface area contributed by atoms with E-state index in [9.17, 15) is 4.79 Å². The van der Waals surface area contributed by atoms with Gasteiger partial charge in [-0.25, -0.2) is 0 Å². The van der Waals surface area contributed by atoms with E-state index in [0.717, 1.165) is 32.4 Å². The van der Waals surface area contributed by atoms with Crippen LogP contribution in [0.4, 0.5) is 0 Å². The second kappa shape index (κ2) is 8.87. The molecule has 1 aliphatic carbocycles. The molecule has 2 aliphatic rings. The fraction of sp³-hybridized carbons (Fsp3) is 0.409. The molecule has 0 bridgehead atoms. The van der Waals surface area contributed by atoms with E-state index in [0.29, 0.717) is 12.5 Å². The van der Waals surface area contributed by atoms with Gasteiger partial charge < -0.3 is 11.1 Å². The lowest BCUT2D eigenvalue weighted by Crippen LogP contribution is -2.39. The molecule has 4 rings (SSSR count). The van der Waals surface area contributed by atoms with Crippen molar-refractivity contribution in [1.82, 2.24) is 10.2 Å². The van der Waals surface area contributed by atoms with E-state index >= 15 is 0 Å². The lowest BCUT2D eigenvalue weighted by atomic mass is 9.88. The summed E-state index contributed by atoms with van der Waals surface area (Å²) in [6.07, 6.45) is 3.27. The van der Waals surface area contributed by atoms with Crippen molar-refractivity contribution in [2.24, 2.45) is 5.73 Å². The van der Waals surface area contributed by atoms with Gasteiger partial charge in [0, 0.05) is 25.0 Å². The Hall–Kier alpha value is -1.88. The molecule has 27 heavy (non-hydrogen) atoms. The molecule has 1 saturated heterocycles. The van der Waals surface area contributed by atoms with Crippen molar-refractivity contribution < 1.29 is 4.79 Å². The third-order valence-electron chi connectivity index (χ3n) is 5.74. The average molecular weight is 386 g/mol. The summed E-state index contributed by atoms with van der Waals surface area (Å²) in [5, 5.41) is 3.25. The standard InChI is InChI=1S/C22H27N3O.ClH/c23-20-14-25(13-19(20)17-7-2-1-3-8-17)15-22(26)24-21-12-6-10-16-9-4-5-11-18(16)21;/h1-5,7-9,11,19-21H,6,10,12-15,23H2,(H,24,26);1H/t19-,20+,21?;/m0./s1. The van der Waals surface area contributed by atoms with Crippen molar-refractivity contribution in [3.8, 4) is 0 Å². The number of carbonyl (C=O) groups is 1. The second-order valence-corrected chi connectivity index (χ2v) is 7.59. The number of rotatable bonds is 4. The maximum atomic E-state index is 12.6. The summed E-state index contributed by atoms with van der Waals surface area (Å²) in [4.78, 5) is 14.8. The molecule has 0 aromatic heterocycles. The van der Waals surface area contributed by atoms with Gasteiger partial charge in [-0.2, -0.15) is 0 Å². The molecule has 0 saturated carbocycles. The first-order chi connectivity index (χ1) is 12.7. The van der Waals surface area contributed by atoms with Gasteiger partial charge in [0.1, 0.15) is 0 Å². The molecule has 1 unspecified atom stereocenters. The van der Waals surface area contributed by atoms with Gasteiger partial charge in [0.05, 0.1) is 12.6 Å². The predicted octanol–water partition coefficient (Wildman–Crippen LogP) is 3.03. The van der Waals surface area contributed by atoms with Gasteiger partial charge in [-0.05, 0) is 36.0 Å². The maximum absolute atomic E-state index is 12.6. The minimum absolute atomic E-state index is 0. The number of hydrogen-bond acceptors (Lipinski definition) is 3. The van der Waals surface area contributed by atoms with Crippen LogP contribution in [0, 0.1) is 0 Å². The Balaban J connectivity index is 0.00000210. The Bertz CT molecular complexity index is 767. The highest BCUT2D eigenvalue weighted by molar-refractivity contribution is 5.85. The van der Waals surface area contributed by atoms with Crippen LogP contribution < -0.4 is 11.1 Å². The molecule has 0 spiro atoms. The zero-order valence-electron chi connectivity index (χ0n) is 15.5. The van der Waals surface area contributed by atoms with Crippen LogP contribution in [0.15, 0.2) is 54.6 Å². The highest BCUT2D eigenvalue weighted by atomic mass is 35.5. The lowest BCUT2D eigenvalue weighted by molar-refractivity contribution is -0.122. The third-order valence-corrected chi connectivity index (χ3v) is 5.74. The number of nitrogens with zero attached hydrogens (tertiary/aromatic N) is 1. The minimum Gasteiger partial charge on any atom is -0.348 e. The second-order valence-electron chi connectivity index (χ2n) is 7.59. The van der Waals surface area contributed by atoms with Gasteiger partial charge in [-0.15, -0.1) is 12.4 Å². The van der Waals surface area contributed by atoms with Gasteiger partial charge in [0.15, 0.2) is 0 Å². The fourth-order valence-corrected chi connectivity index (χ4v) is 4.44. The summed E-state index contributed by atoms with van der Waals surface area (Å²) in [7, 11) is 0. The number of hydrogen-bond donors (Lipinski definition) is 2. The summed E-state index contributed by atoms with van der Waals surface area (Å²) >= 11 is 0. The van der Waals surface area contributed by atoms with E-state index in [2.05, 4.69) is 58.7 Å². The summed E-state index contributed by atoms with van der Waals surface area (Å²) in [5.74, 6) is 0.409. The number of amides is 1.